The maximum atomic E-state index is 12.4. The van der Waals surface area contributed by atoms with E-state index in [1.807, 2.05) is 18.2 Å². The maximum absolute atomic E-state index is 12.4. The Kier molecular flexibility index (Phi) is 6.77. The Morgan fingerprint density at radius 3 is 2.60 bits per heavy atom. The van der Waals surface area contributed by atoms with Crippen LogP contribution in [0.4, 0.5) is 5.69 Å². The average molecular weight is 343 g/mol. The predicted molar refractivity (Wildman–Crippen MR) is 99.4 cm³/mol. The lowest BCUT2D eigenvalue weighted by Gasteiger charge is -2.19. The highest BCUT2D eigenvalue weighted by molar-refractivity contribution is 6.04. The number of rotatable bonds is 8. The van der Waals surface area contributed by atoms with Crippen LogP contribution >= 0.6 is 0 Å². The molecule has 2 aromatic rings. The van der Waals surface area contributed by atoms with Gasteiger partial charge in [-0.1, -0.05) is 26.0 Å². The first-order valence-electron chi connectivity index (χ1n) is 8.47. The zero-order valence-electron chi connectivity index (χ0n) is 15.0. The number of pyridine rings is 1. The van der Waals surface area contributed by atoms with Crippen molar-refractivity contribution in [2.24, 2.45) is 7.05 Å². The van der Waals surface area contributed by atoms with Crippen molar-refractivity contribution in [2.45, 2.75) is 13.8 Å². The van der Waals surface area contributed by atoms with Gasteiger partial charge in [-0.2, -0.15) is 0 Å². The van der Waals surface area contributed by atoms with Crippen LogP contribution in [-0.2, 0) is 7.05 Å². The summed E-state index contributed by atoms with van der Waals surface area (Å²) in [5.41, 5.74) is 0.685. The molecule has 0 spiro atoms. The van der Waals surface area contributed by atoms with Crippen molar-refractivity contribution in [1.82, 2.24) is 9.47 Å². The maximum Gasteiger partial charge on any atom is 0.256 e. The molecule has 0 saturated heterocycles. The lowest BCUT2D eigenvalue weighted by Crippen LogP contribution is -2.28. The van der Waals surface area contributed by atoms with Gasteiger partial charge in [0.05, 0.1) is 5.69 Å². The van der Waals surface area contributed by atoms with Gasteiger partial charge in [-0.25, -0.2) is 0 Å². The minimum atomic E-state index is -0.336. The van der Waals surface area contributed by atoms with E-state index in [0.29, 0.717) is 23.6 Å². The minimum absolute atomic E-state index is 0.226. The minimum Gasteiger partial charge on any atom is -0.490 e. The predicted octanol–water partition coefficient (Wildman–Crippen LogP) is 2.36. The van der Waals surface area contributed by atoms with Crippen LogP contribution in [0.1, 0.15) is 24.2 Å². The molecule has 0 bridgehead atoms. The van der Waals surface area contributed by atoms with Gasteiger partial charge in [0.15, 0.2) is 0 Å². The van der Waals surface area contributed by atoms with Crippen LogP contribution in [0.2, 0.25) is 0 Å². The van der Waals surface area contributed by atoms with E-state index in [4.69, 9.17) is 4.74 Å². The zero-order valence-corrected chi connectivity index (χ0v) is 15.0. The fourth-order valence-electron chi connectivity index (χ4n) is 2.40. The topological polar surface area (TPSA) is 63.6 Å². The van der Waals surface area contributed by atoms with Gasteiger partial charge >= 0.3 is 0 Å². The number of hydrogen-bond acceptors (Lipinski definition) is 4. The lowest BCUT2D eigenvalue weighted by molar-refractivity contribution is 0.102. The molecule has 0 aliphatic rings. The molecular weight excluding hydrogens is 318 g/mol. The number of nitrogens with zero attached hydrogens (tertiary/aromatic N) is 2. The molecule has 0 aliphatic carbocycles. The number of hydrogen-bond donors (Lipinski definition) is 1. The van der Waals surface area contributed by atoms with Crippen molar-refractivity contribution in [1.29, 1.82) is 0 Å². The number of nitrogens with one attached hydrogen (secondary N) is 1. The van der Waals surface area contributed by atoms with Crippen LogP contribution in [0, 0.1) is 0 Å². The molecule has 1 N–H and O–H groups in total. The van der Waals surface area contributed by atoms with Crippen molar-refractivity contribution in [3.05, 3.63) is 58.5 Å². The molecule has 0 aliphatic heterocycles. The van der Waals surface area contributed by atoms with Gasteiger partial charge in [-0.05, 0) is 31.3 Å². The number of carbonyl (C=O) groups excluding carboxylic acids is 1. The van der Waals surface area contributed by atoms with E-state index in [1.54, 1.807) is 25.4 Å². The Balaban J connectivity index is 2.05. The molecule has 1 amide bonds. The molecule has 25 heavy (non-hydrogen) atoms. The van der Waals surface area contributed by atoms with E-state index in [1.165, 1.54) is 10.6 Å². The van der Waals surface area contributed by atoms with Gasteiger partial charge < -0.3 is 19.5 Å². The molecule has 0 fully saturated rings. The summed E-state index contributed by atoms with van der Waals surface area (Å²) < 4.78 is 7.25. The Hall–Kier alpha value is -2.60. The summed E-state index contributed by atoms with van der Waals surface area (Å²) in [6.45, 7) is 7.54. The first kappa shape index (κ1) is 18.7. The molecule has 2 rings (SSSR count). The van der Waals surface area contributed by atoms with Gasteiger partial charge in [-0.3, -0.25) is 9.59 Å². The van der Waals surface area contributed by atoms with Gasteiger partial charge in [0, 0.05) is 31.4 Å². The van der Waals surface area contributed by atoms with Crippen molar-refractivity contribution < 1.29 is 9.53 Å². The third kappa shape index (κ3) is 5.19. The summed E-state index contributed by atoms with van der Waals surface area (Å²) in [4.78, 5) is 26.3. The van der Waals surface area contributed by atoms with Gasteiger partial charge in [0.1, 0.15) is 12.4 Å². The molecule has 0 radical (unpaired) electrons. The second-order valence-electron chi connectivity index (χ2n) is 5.69. The highest BCUT2D eigenvalue weighted by atomic mass is 16.5. The second kappa shape index (κ2) is 9.03. The first-order chi connectivity index (χ1) is 12.0. The number of ether oxygens (including phenoxy) is 1. The Morgan fingerprint density at radius 2 is 1.92 bits per heavy atom. The summed E-state index contributed by atoms with van der Waals surface area (Å²) in [6, 6.07) is 10.2. The van der Waals surface area contributed by atoms with Crippen LogP contribution in [0.3, 0.4) is 0 Å². The molecular formula is C19H25N3O3. The van der Waals surface area contributed by atoms with Gasteiger partial charge in [0.25, 0.3) is 11.5 Å². The monoisotopic (exact) mass is 343 g/mol. The normalized spacial score (nSPS) is 10.7. The molecule has 1 heterocycles. The molecule has 1 aromatic heterocycles. The number of likely N-dealkylation sites (N-methyl/N-ethyl adjacent to an activating group) is 1. The molecule has 6 nitrogen and oxygen atoms in total. The SMILES string of the molecule is CCN(CC)CCOc1ccccc1NC(=O)c1ccn(C)c(=O)c1. The van der Waals surface area contributed by atoms with Gasteiger partial charge in [-0.15, -0.1) is 0 Å². The number of aromatic nitrogens is 1. The number of carbonyl (C=O) groups is 1. The molecule has 0 unspecified atom stereocenters. The van der Waals surface area contributed by atoms with E-state index in [0.717, 1.165) is 19.6 Å². The average Bonchev–Trinajstić information content (AvgIpc) is 2.62. The Bertz CT molecular complexity index is 767. The third-order valence-electron chi connectivity index (χ3n) is 4.06. The number of para-hydroxylation sites is 2. The van der Waals surface area contributed by atoms with Crippen LogP contribution in [-0.4, -0.2) is 41.6 Å². The standard InChI is InChI=1S/C19H25N3O3/c1-4-22(5-2)12-13-25-17-9-7-6-8-16(17)20-19(24)15-10-11-21(3)18(23)14-15/h6-11,14H,4-5,12-13H2,1-3H3,(H,20,24). The van der Waals surface area contributed by atoms with Crippen molar-refractivity contribution in [2.75, 3.05) is 31.6 Å². The summed E-state index contributed by atoms with van der Waals surface area (Å²) in [5.74, 6) is 0.282. The summed E-state index contributed by atoms with van der Waals surface area (Å²) >= 11 is 0. The van der Waals surface area contributed by atoms with E-state index < -0.39 is 0 Å². The van der Waals surface area contributed by atoms with E-state index in [9.17, 15) is 9.59 Å². The van der Waals surface area contributed by atoms with Crippen LogP contribution in [0.15, 0.2) is 47.4 Å². The van der Waals surface area contributed by atoms with E-state index in [2.05, 4.69) is 24.1 Å². The van der Waals surface area contributed by atoms with Crippen LogP contribution in [0.5, 0.6) is 5.75 Å². The van der Waals surface area contributed by atoms with E-state index >= 15 is 0 Å². The fraction of sp³-hybridized carbons (Fsp3) is 0.368. The fourth-order valence-corrected chi connectivity index (χ4v) is 2.40. The molecule has 6 heteroatoms. The van der Waals surface area contributed by atoms with Crippen LogP contribution < -0.4 is 15.6 Å². The van der Waals surface area contributed by atoms with Crippen molar-refractivity contribution in [3.63, 3.8) is 0 Å². The highest BCUT2D eigenvalue weighted by Crippen LogP contribution is 2.24. The highest BCUT2D eigenvalue weighted by Gasteiger charge is 2.11. The Labute approximate surface area is 148 Å². The molecule has 1 aromatic carbocycles. The van der Waals surface area contributed by atoms with E-state index in [-0.39, 0.29) is 11.5 Å². The largest absolute Gasteiger partial charge is 0.490 e. The molecule has 0 atom stereocenters. The van der Waals surface area contributed by atoms with Crippen molar-refractivity contribution >= 4 is 11.6 Å². The number of aryl methyl sites for hydroxylation is 1. The molecule has 134 valence electrons. The molecule has 0 saturated carbocycles. The van der Waals surface area contributed by atoms with Gasteiger partial charge in [0.2, 0.25) is 0 Å². The summed E-state index contributed by atoms with van der Waals surface area (Å²) in [5, 5.41) is 2.81. The summed E-state index contributed by atoms with van der Waals surface area (Å²) in [7, 11) is 1.64. The van der Waals surface area contributed by atoms with Crippen LogP contribution in [0.25, 0.3) is 0 Å². The lowest BCUT2D eigenvalue weighted by atomic mass is 10.2. The van der Waals surface area contributed by atoms with Crippen molar-refractivity contribution in [3.8, 4) is 5.75 Å². The number of anilines is 1. The third-order valence-corrected chi connectivity index (χ3v) is 4.06. The smallest absolute Gasteiger partial charge is 0.256 e. The first-order valence-corrected chi connectivity index (χ1v) is 8.47. The second-order valence-corrected chi connectivity index (χ2v) is 5.69. The zero-order chi connectivity index (χ0) is 18.2. The quantitative estimate of drug-likeness (QED) is 0.799. The number of benzene rings is 1. The number of amides is 1. The Morgan fingerprint density at radius 1 is 1.20 bits per heavy atom. The summed E-state index contributed by atoms with van der Waals surface area (Å²) in [6.07, 6.45) is 1.57.